The molecule has 3 N–H and O–H groups in total. The number of nitrogens with one attached hydrogen (secondary N) is 1. The number of hydrogen-bond acceptors (Lipinski definition) is 4. The summed E-state index contributed by atoms with van der Waals surface area (Å²) in [5, 5.41) is 0. The van der Waals surface area contributed by atoms with Crippen LogP contribution in [0, 0.1) is 6.92 Å². The largest absolute Gasteiger partial charge is 0.497 e. The van der Waals surface area contributed by atoms with Gasteiger partial charge in [0, 0.05) is 6.07 Å². The van der Waals surface area contributed by atoms with Crippen molar-refractivity contribution in [1.82, 2.24) is 5.43 Å². The number of nitrogens with two attached hydrogens (primary N) is 1. The zero-order valence-electron chi connectivity index (χ0n) is 12.0. The van der Waals surface area contributed by atoms with E-state index in [1.54, 1.807) is 14.2 Å². The van der Waals surface area contributed by atoms with Crippen LogP contribution in [-0.4, -0.2) is 14.2 Å². The fraction of sp³-hybridized carbons (Fsp3) is 0.250. The van der Waals surface area contributed by atoms with Crippen molar-refractivity contribution in [2.45, 2.75) is 13.0 Å². The number of hydrogen-bond donors (Lipinski definition) is 2. The molecule has 0 aliphatic heterocycles. The van der Waals surface area contributed by atoms with E-state index in [1.807, 2.05) is 18.2 Å². The number of hydrazine groups is 1. The number of aryl methyl sites for hydroxylation is 1. The van der Waals surface area contributed by atoms with E-state index in [0.717, 1.165) is 22.6 Å². The molecule has 2 aromatic rings. The first-order chi connectivity index (χ1) is 9.67. The highest BCUT2D eigenvalue weighted by atomic mass is 16.5. The molecule has 2 rings (SSSR count). The molecule has 4 heteroatoms. The first-order valence-electron chi connectivity index (χ1n) is 6.43. The maximum absolute atomic E-state index is 5.73. The lowest BCUT2D eigenvalue weighted by Gasteiger charge is -2.19. The molecule has 0 heterocycles. The number of benzene rings is 2. The third kappa shape index (κ3) is 3.10. The average molecular weight is 272 g/mol. The van der Waals surface area contributed by atoms with Gasteiger partial charge in [-0.05, 0) is 30.2 Å². The summed E-state index contributed by atoms with van der Waals surface area (Å²) in [7, 11) is 3.27. The molecule has 20 heavy (non-hydrogen) atoms. The highest BCUT2D eigenvalue weighted by Crippen LogP contribution is 2.29. The second-order valence-corrected chi connectivity index (χ2v) is 4.66. The van der Waals surface area contributed by atoms with Crippen LogP contribution in [-0.2, 0) is 0 Å². The monoisotopic (exact) mass is 272 g/mol. The van der Waals surface area contributed by atoms with Crippen LogP contribution >= 0.6 is 0 Å². The number of rotatable bonds is 5. The lowest BCUT2D eigenvalue weighted by Crippen LogP contribution is -2.28. The molecule has 1 unspecified atom stereocenters. The Hall–Kier alpha value is -2.04. The topological polar surface area (TPSA) is 56.5 Å². The standard InChI is InChI=1S/C16H20N2O2/c1-11-4-6-12(7-5-11)16(18-17)13-8-14(19-2)10-15(9-13)20-3/h4-10,16,18H,17H2,1-3H3. The fourth-order valence-electron chi connectivity index (χ4n) is 2.14. The van der Waals surface area contributed by atoms with Crippen molar-refractivity contribution in [3.8, 4) is 11.5 Å². The second kappa shape index (κ2) is 6.41. The summed E-state index contributed by atoms with van der Waals surface area (Å²) in [5.74, 6) is 7.21. The minimum atomic E-state index is -0.111. The van der Waals surface area contributed by atoms with Gasteiger partial charge in [-0.3, -0.25) is 5.84 Å². The number of ether oxygens (including phenoxy) is 2. The molecule has 0 aliphatic rings. The van der Waals surface area contributed by atoms with Gasteiger partial charge in [-0.1, -0.05) is 29.8 Å². The molecule has 2 aromatic carbocycles. The van der Waals surface area contributed by atoms with Crippen molar-refractivity contribution in [3.05, 3.63) is 59.2 Å². The van der Waals surface area contributed by atoms with Crippen LogP contribution < -0.4 is 20.7 Å². The van der Waals surface area contributed by atoms with Gasteiger partial charge in [0.1, 0.15) is 11.5 Å². The van der Waals surface area contributed by atoms with Crippen molar-refractivity contribution in [2.24, 2.45) is 5.84 Å². The van der Waals surface area contributed by atoms with Crippen molar-refractivity contribution in [1.29, 1.82) is 0 Å². The van der Waals surface area contributed by atoms with Crippen molar-refractivity contribution in [3.63, 3.8) is 0 Å². The highest BCUT2D eigenvalue weighted by Gasteiger charge is 2.14. The fourth-order valence-corrected chi connectivity index (χ4v) is 2.14. The van der Waals surface area contributed by atoms with E-state index in [1.165, 1.54) is 5.56 Å². The molecule has 0 aromatic heterocycles. The van der Waals surface area contributed by atoms with Crippen LogP contribution in [0.15, 0.2) is 42.5 Å². The summed E-state index contributed by atoms with van der Waals surface area (Å²) in [6.45, 7) is 2.06. The minimum absolute atomic E-state index is 0.111. The van der Waals surface area contributed by atoms with E-state index in [4.69, 9.17) is 15.3 Å². The van der Waals surface area contributed by atoms with Crippen LogP contribution in [0.3, 0.4) is 0 Å². The molecule has 0 spiro atoms. The Morgan fingerprint density at radius 3 is 1.90 bits per heavy atom. The van der Waals surface area contributed by atoms with Gasteiger partial charge in [-0.25, -0.2) is 5.43 Å². The van der Waals surface area contributed by atoms with Crippen molar-refractivity contribution < 1.29 is 9.47 Å². The van der Waals surface area contributed by atoms with E-state index in [-0.39, 0.29) is 6.04 Å². The molecule has 0 amide bonds. The molecular weight excluding hydrogens is 252 g/mol. The SMILES string of the molecule is COc1cc(OC)cc(C(NN)c2ccc(C)cc2)c1. The highest BCUT2D eigenvalue weighted by molar-refractivity contribution is 5.43. The van der Waals surface area contributed by atoms with Crippen LogP contribution in [0.1, 0.15) is 22.7 Å². The summed E-state index contributed by atoms with van der Waals surface area (Å²) in [6.07, 6.45) is 0. The lowest BCUT2D eigenvalue weighted by atomic mass is 9.98. The molecule has 0 radical (unpaired) electrons. The quantitative estimate of drug-likeness (QED) is 0.649. The predicted octanol–water partition coefficient (Wildman–Crippen LogP) is 2.56. The normalized spacial score (nSPS) is 12.0. The molecule has 0 bridgehead atoms. The van der Waals surface area contributed by atoms with Gasteiger partial charge >= 0.3 is 0 Å². The Bertz CT molecular complexity index is 545. The average Bonchev–Trinajstić information content (AvgIpc) is 2.49. The maximum Gasteiger partial charge on any atom is 0.122 e. The van der Waals surface area contributed by atoms with Gasteiger partial charge in [0.15, 0.2) is 0 Å². The smallest absolute Gasteiger partial charge is 0.122 e. The Labute approximate surface area is 119 Å². The summed E-state index contributed by atoms with van der Waals surface area (Å²) in [4.78, 5) is 0. The lowest BCUT2D eigenvalue weighted by molar-refractivity contribution is 0.392. The van der Waals surface area contributed by atoms with Crippen molar-refractivity contribution in [2.75, 3.05) is 14.2 Å². The third-order valence-electron chi connectivity index (χ3n) is 3.28. The van der Waals surface area contributed by atoms with E-state index >= 15 is 0 Å². The molecule has 106 valence electrons. The molecule has 4 nitrogen and oxygen atoms in total. The van der Waals surface area contributed by atoms with Crippen LogP contribution in [0.5, 0.6) is 11.5 Å². The first kappa shape index (κ1) is 14.4. The van der Waals surface area contributed by atoms with Crippen molar-refractivity contribution >= 4 is 0 Å². The van der Waals surface area contributed by atoms with Gasteiger partial charge in [0.05, 0.1) is 20.3 Å². The van der Waals surface area contributed by atoms with Crippen LogP contribution in [0.2, 0.25) is 0 Å². The van der Waals surface area contributed by atoms with Gasteiger partial charge in [-0.2, -0.15) is 0 Å². The Morgan fingerprint density at radius 1 is 0.900 bits per heavy atom. The van der Waals surface area contributed by atoms with E-state index in [2.05, 4.69) is 36.6 Å². The Balaban J connectivity index is 2.42. The van der Waals surface area contributed by atoms with Gasteiger partial charge < -0.3 is 9.47 Å². The second-order valence-electron chi connectivity index (χ2n) is 4.66. The third-order valence-corrected chi connectivity index (χ3v) is 3.28. The van der Waals surface area contributed by atoms with E-state index in [9.17, 15) is 0 Å². The molecule has 0 saturated heterocycles. The van der Waals surface area contributed by atoms with Gasteiger partial charge in [0.25, 0.3) is 0 Å². The molecule has 0 fully saturated rings. The van der Waals surface area contributed by atoms with Gasteiger partial charge in [0.2, 0.25) is 0 Å². The summed E-state index contributed by atoms with van der Waals surface area (Å²) < 4.78 is 10.6. The predicted molar refractivity (Wildman–Crippen MR) is 79.9 cm³/mol. The molecule has 0 saturated carbocycles. The zero-order chi connectivity index (χ0) is 14.5. The van der Waals surface area contributed by atoms with Crippen LogP contribution in [0.25, 0.3) is 0 Å². The van der Waals surface area contributed by atoms with E-state index < -0.39 is 0 Å². The molecule has 0 aliphatic carbocycles. The summed E-state index contributed by atoms with van der Waals surface area (Å²) >= 11 is 0. The van der Waals surface area contributed by atoms with Crippen LogP contribution in [0.4, 0.5) is 0 Å². The zero-order valence-corrected chi connectivity index (χ0v) is 12.0. The van der Waals surface area contributed by atoms with Gasteiger partial charge in [-0.15, -0.1) is 0 Å². The molecular formula is C16H20N2O2. The first-order valence-corrected chi connectivity index (χ1v) is 6.43. The molecule has 1 atom stereocenters. The summed E-state index contributed by atoms with van der Waals surface area (Å²) in [5.41, 5.74) is 6.15. The van der Waals surface area contributed by atoms with E-state index in [0.29, 0.717) is 0 Å². The Kier molecular flexibility index (Phi) is 4.61. The maximum atomic E-state index is 5.73. The minimum Gasteiger partial charge on any atom is -0.497 e. The summed E-state index contributed by atoms with van der Waals surface area (Å²) in [6, 6.07) is 13.9. The number of methoxy groups -OCH3 is 2. The Morgan fingerprint density at radius 2 is 1.45 bits per heavy atom.